The number of nitrogens with one attached hydrogen (secondary N) is 2. The fraction of sp³-hybridized carbons (Fsp3) is 0.278. The third-order valence-electron chi connectivity index (χ3n) is 3.82. The van der Waals surface area contributed by atoms with Crippen LogP contribution in [0.25, 0.3) is 0 Å². The molecular formula is C18H21N3O5S. The molecule has 0 fully saturated rings. The van der Waals surface area contributed by atoms with Gasteiger partial charge in [-0.2, -0.15) is 0 Å². The SMILES string of the molecule is NCCC(=O)Nc1ccc(NS(=O)(=O)c2ccc3c(c2)OCCCO3)cc1. The van der Waals surface area contributed by atoms with E-state index in [0.29, 0.717) is 36.1 Å². The number of amides is 1. The van der Waals surface area contributed by atoms with Gasteiger partial charge in [0.15, 0.2) is 11.5 Å². The molecule has 0 bridgehead atoms. The van der Waals surface area contributed by atoms with Crippen molar-refractivity contribution in [3.63, 3.8) is 0 Å². The zero-order chi connectivity index (χ0) is 19.3. The number of hydrogen-bond donors (Lipinski definition) is 3. The summed E-state index contributed by atoms with van der Waals surface area (Å²) in [5, 5.41) is 2.68. The minimum atomic E-state index is -3.79. The van der Waals surface area contributed by atoms with Crippen LogP contribution >= 0.6 is 0 Å². The van der Waals surface area contributed by atoms with Crippen LogP contribution in [0.2, 0.25) is 0 Å². The average molecular weight is 391 g/mol. The molecule has 1 amide bonds. The maximum atomic E-state index is 12.6. The third kappa shape index (κ3) is 4.89. The van der Waals surface area contributed by atoms with Gasteiger partial charge < -0.3 is 20.5 Å². The van der Waals surface area contributed by atoms with Gasteiger partial charge in [0.25, 0.3) is 10.0 Å². The van der Waals surface area contributed by atoms with E-state index < -0.39 is 10.0 Å². The van der Waals surface area contributed by atoms with E-state index in [4.69, 9.17) is 15.2 Å². The molecule has 0 atom stereocenters. The summed E-state index contributed by atoms with van der Waals surface area (Å²) in [4.78, 5) is 11.6. The summed E-state index contributed by atoms with van der Waals surface area (Å²) < 4.78 is 38.8. The van der Waals surface area contributed by atoms with Gasteiger partial charge in [-0.15, -0.1) is 0 Å². The lowest BCUT2D eigenvalue weighted by Gasteiger charge is -2.12. The third-order valence-corrected chi connectivity index (χ3v) is 5.20. The van der Waals surface area contributed by atoms with E-state index in [9.17, 15) is 13.2 Å². The first-order valence-corrected chi connectivity index (χ1v) is 9.99. The van der Waals surface area contributed by atoms with Crippen molar-refractivity contribution in [2.24, 2.45) is 5.73 Å². The van der Waals surface area contributed by atoms with Crippen LogP contribution in [0.4, 0.5) is 11.4 Å². The molecule has 27 heavy (non-hydrogen) atoms. The summed E-state index contributed by atoms with van der Waals surface area (Å²) in [5.74, 6) is 0.746. The summed E-state index contributed by atoms with van der Waals surface area (Å²) in [6.07, 6.45) is 0.960. The summed E-state index contributed by atoms with van der Waals surface area (Å²) in [6.45, 7) is 1.27. The highest BCUT2D eigenvalue weighted by molar-refractivity contribution is 7.92. The molecule has 144 valence electrons. The fourth-order valence-corrected chi connectivity index (χ4v) is 3.57. The van der Waals surface area contributed by atoms with Crippen LogP contribution in [0.5, 0.6) is 11.5 Å². The standard InChI is InChI=1S/C18H21N3O5S/c19-9-8-18(22)20-13-2-4-14(5-3-13)21-27(23,24)15-6-7-16-17(12-15)26-11-1-10-25-16/h2-7,12,21H,1,8-11,19H2,(H,20,22). The number of hydrogen-bond acceptors (Lipinski definition) is 6. The second-order valence-corrected chi connectivity index (χ2v) is 7.61. The Morgan fingerprint density at radius 2 is 1.67 bits per heavy atom. The molecule has 1 aliphatic rings. The second-order valence-electron chi connectivity index (χ2n) is 5.93. The van der Waals surface area contributed by atoms with Crippen molar-refractivity contribution in [1.82, 2.24) is 0 Å². The van der Waals surface area contributed by atoms with Crippen molar-refractivity contribution in [2.45, 2.75) is 17.7 Å². The Hall–Kier alpha value is -2.78. The summed E-state index contributed by atoms with van der Waals surface area (Å²) in [6, 6.07) is 10.9. The first-order chi connectivity index (χ1) is 13.0. The van der Waals surface area contributed by atoms with Crippen molar-refractivity contribution in [3.8, 4) is 11.5 Å². The Balaban J connectivity index is 1.73. The van der Waals surface area contributed by atoms with E-state index in [1.54, 1.807) is 30.3 Å². The average Bonchev–Trinajstić information content (AvgIpc) is 2.88. The molecule has 9 heteroatoms. The maximum absolute atomic E-state index is 12.6. The first kappa shape index (κ1) is 19.0. The summed E-state index contributed by atoms with van der Waals surface area (Å²) in [5.41, 5.74) is 6.26. The van der Waals surface area contributed by atoms with Crippen LogP contribution in [-0.2, 0) is 14.8 Å². The molecule has 0 saturated carbocycles. The molecule has 0 spiro atoms. The molecule has 8 nitrogen and oxygen atoms in total. The lowest BCUT2D eigenvalue weighted by Crippen LogP contribution is -2.16. The van der Waals surface area contributed by atoms with Crippen LogP contribution in [0.1, 0.15) is 12.8 Å². The Labute approximate surface area is 157 Å². The van der Waals surface area contributed by atoms with Gasteiger partial charge in [-0.3, -0.25) is 9.52 Å². The lowest BCUT2D eigenvalue weighted by atomic mass is 10.3. The molecule has 0 radical (unpaired) electrons. The minimum Gasteiger partial charge on any atom is -0.490 e. The number of carbonyl (C=O) groups excluding carboxylic acids is 1. The Morgan fingerprint density at radius 1 is 1.00 bits per heavy atom. The highest BCUT2D eigenvalue weighted by atomic mass is 32.2. The molecule has 3 rings (SSSR count). The summed E-state index contributed by atoms with van der Waals surface area (Å²) in [7, 11) is -3.79. The molecular weight excluding hydrogens is 370 g/mol. The molecule has 2 aromatic carbocycles. The van der Waals surface area contributed by atoms with Crippen LogP contribution < -0.4 is 25.2 Å². The zero-order valence-corrected chi connectivity index (χ0v) is 15.4. The Morgan fingerprint density at radius 3 is 2.37 bits per heavy atom. The maximum Gasteiger partial charge on any atom is 0.262 e. The number of fused-ring (bicyclic) bond motifs is 1. The van der Waals surface area contributed by atoms with Crippen LogP contribution in [0, 0.1) is 0 Å². The number of sulfonamides is 1. The molecule has 2 aromatic rings. The minimum absolute atomic E-state index is 0.0760. The molecule has 0 unspecified atom stereocenters. The first-order valence-electron chi connectivity index (χ1n) is 8.50. The molecule has 0 aliphatic carbocycles. The second kappa shape index (κ2) is 8.28. The van der Waals surface area contributed by atoms with Crippen LogP contribution in [0.15, 0.2) is 47.4 Å². The van der Waals surface area contributed by atoms with Crippen molar-refractivity contribution < 1.29 is 22.7 Å². The van der Waals surface area contributed by atoms with E-state index in [-0.39, 0.29) is 23.8 Å². The summed E-state index contributed by atoms with van der Waals surface area (Å²) >= 11 is 0. The Kier molecular flexibility index (Phi) is 5.82. The number of benzene rings is 2. The van der Waals surface area contributed by atoms with Gasteiger partial charge in [0.05, 0.1) is 18.1 Å². The van der Waals surface area contributed by atoms with E-state index >= 15 is 0 Å². The van der Waals surface area contributed by atoms with Gasteiger partial charge in [0.1, 0.15) is 0 Å². The quantitative estimate of drug-likeness (QED) is 0.692. The van der Waals surface area contributed by atoms with Gasteiger partial charge >= 0.3 is 0 Å². The van der Waals surface area contributed by atoms with E-state index in [2.05, 4.69) is 10.0 Å². The number of nitrogens with two attached hydrogens (primary N) is 1. The Bertz CT molecular complexity index is 913. The highest BCUT2D eigenvalue weighted by Gasteiger charge is 2.19. The van der Waals surface area contributed by atoms with Gasteiger partial charge in [-0.1, -0.05) is 0 Å². The molecule has 0 aromatic heterocycles. The number of anilines is 2. The predicted octanol–water partition coefficient (Wildman–Crippen LogP) is 1.94. The number of carbonyl (C=O) groups is 1. The van der Waals surface area contributed by atoms with Crippen molar-refractivity contribution >= 4 is 27.3 Å². The van der Waals surface area contributed by atoms with Crippen molar-refractivity contribution in [2.75, 3.05) is 29.8 Å². The largest absolute Gasteiger partial charge is 0.490 e. The van der Waals surface area contributed by atoms with E-state index in [1.165, 1.54) is 12.1 Å². The topological polar surface area (TPSA) is 120 Å². The zero-order valence-electron chi connectivity index (χ0n) is 14.6. The van der Waals surface area contributed by atoms with Gasteiger partial charge in [-0.05, 0) is 36.4 Å². The number of rotatable bonds is 6. The molecule has 1 heterocycles. The lowest BCUT2D eigenvalue weighted by molar-refractivity contribution is -0.116. The molecule has 1 aliphatic heterocycles. The fourth-order valence-electron chi connectivity index (χ4n) is 2.50. The van der Waals surface area contributed by atoms with Crippen LogP contribution in [0.3, 0.4) is 0 Å². The monoisotopic (exact) mass is 391 g/mol. The van der Waals surface area contributed by atoms with Gasteiger partial charge in [-0.25, -0.2) is 8.42 Å². The van der Waals surface area contributed by atoms with E-state index in [1.807, 2.05) is 0 Å². The normalized spacial score (nSPS) is 13.5. The molecule has 4 N–H and O–H groups in total. The van der Waals surface area contributed by atoms with E-state index in [0.717, 1.165) is 6.42 Å². The van der Waals surface area contributed by atoms with Crippen molar-refractivity contribution in [1.29, 1.82) is 0 Å². The predicted molar refractivity (Wildman–Crippen MR) is 102 cm³/mol. The van der Waals surface area contributed by atoms with Gasteiger partial charge in [0.2, 0.25) is 5.91 Å². The number of ether oxygens (including phenoxy) is 2. The van der Waals surface area contributed by atoms with Crippen molar-refractivity contribution in [3.05, 3.63) is 42.5 Å². The smallest absolute Gasteiger partial charge is 0.262 e. The molecule has 0 saturated heterocycles. The highest BCUT2D eigenvalue weighted by Crippen LogP contribution is 2.32. The van der Waals surface area contributed by atoms with Gasteiger partial charge in [0, 0.05) is 36.8 Å². The van der Waals surface area contributed by atoms with Crippen LogP contribution in [-0.4, -0.2) is 34.1 Å².